The van der Waals surface area contributed by atoms with Crippen LogP contribution in [0.2, 0.25) is 0 Å². The van der Waals surface area contributed by atoms with Crippen molar-refractivity contribution in [2.75, 3.05) is 0 Å². The molecular formula is C11H13F2NO. The SMILES string of the molecule is CCC=NOCc1cccc(C(F)F)c1. The zero-order valence-electron chi connectivity index (χ0n) is 8.49. The summed E-state index contributed by atoms with van der Waals surface area (Å²) in [6.07, 6.45) is -0.0299. The van der Waals surface area contributed by atoms with Gasteiger partial charge in [-0.15, -0.1) is 0 Å². The Kier molecular flexibility index (Phi) is 4.74. The number of benzene rings is 1. The van der Waals surface area contributed by atoms with Gasteiger partial charge in [0, 0.05) is 11.8 Å². The van der Waals surface area contributed by atoms with E-state index in [1.54, 1.807) is 18.3 Å². The molecule has 2 nitrogen and oxygen atoms in total. The number of nitrogens with zero attached hydrogens (tertiary/aromatic N) is 1. The monoisotopic (exact) mass is 213 g/mol. The summed E-state index contributed by atoms with van der Waals surface area (Å²) < 4.78 is 24.6. The fourth-order valence-electron chi connectivity index (χ4n) is 1.06. The third-order valence-corrected chi connectivity index (χ3v) is 1.77. The third kappa shape index (κ3) is 4.06. The van der Waals surface area contributed by atoms with Gasteiger partial charge in [0.2, 0.25) is 0 Å². The van der Waals surface area contributed by atoms with Gasteiger partial charge in [0.1, 0.15) is 6.61 Å². The molecule has 0 aliphatic rings. The van der Waals surface area contributed by atoms with Crippen molar-refractivity contribution in [1.82, 2.24) is 0 Å². The van der Waals surface area contributed by atoms with Crippen LogP contribution in [0.3, 0.4) is 0 Å². The van der Waals surface area contributed by atoms with Crippen molar-refractivity contribution in [2.45, 2.75) is 26.4 Å². The highest BCUT2D eigenvalue weighted by Crippen LogP contribution is 2.19. The minimum Gasteiger partial charge on any atom is -0.391 e. The van der Waals surface area contributed by atoms with Crippen molar-refractivity contribution in [2.24, 2.45) is 5.16 Å². The molecule has 1 rings (SSSR count). The summed E-state index contributed by atoms with van der Waals surface area (Å²) in [6, 6.07) is 6.13. The second-order valence-electron chi connectivity index (χ2n) is 3.02. The zero-order chi connectivity index (χ0) is 11.1. The second kappa shape index (κ2) is 6.11. The summed E-state index contributed by atoms with van der Waals surface area (Å²) in [4.78, 5) is 4.92. The fourth-order valence-corrected chi connectivity index (χ4v) is 1.06. The molecule has 0 aliphatic carbocycles. The summed E-state index contributed by atoms with van der Waals surface area (Å²) >= 11 is 0. The predicted octanol–water partition coefficient (Wildman–Crippen LogP) is 3.54. The van der Waals surface area contributed by atoms with Crippen molar-refractivity contribution in [3.05, 3.63) is 35.4 Å². The molecule has 0 atom stereocenters. The minimum atomic E-state index is -2.44. The van der Waals surface area contributed by atoms with Gasteiger partial charge in [-0.3, -0.25) is 0 Å². The molecule has 0 amide bonds. The lowest BCUT2D eigenvalue weighted by atomic mass is 10.1. The number of alkyl halides is 2. The maximum atomic E-state index is 12.3. The van der Waals surface area contributed by atoms with Crippen molar-refractivity contribution in [1.29, 1.82) is 0 Å². The van der Waals surface area contributed by atoms with E-state index in [2.05, 4.69) is 5.16 Å². The average Bonchev–Trinajstić information content (AvgIpc) is 2.25. The lowest BCUT2D eigenvalue weighted by Gasteiger charge is -2.03. The van der Waals surface area contributed by atoms with Crippen molar-refractivity contribution < 1.29 is 13.6 Å². The number of hydrogen-bond donors (Lipinski definition) is 0. The predicted molar refractivity (Wildman–Crippen MR) is 55.0 cm³/mol. The summed E-state index contributed by atoms with van der Waals surface area (Å²) in [6.45, 7) is 2.15. The van der Waals surface area contributed by atoms with E-state index in [0.29, 0.717) is 5.56 Å². The molecule has 82 valence electrons. The molecule has 0 radical (unpaired) electrons. The molecule has 0 aromatic heterocycles. The van der Waals surface area contributed by atoms with Crippen LogP contribution >= 0.6 is 0 Å². The van der Waals surface area contributed by atoms with Gasteiger partial charge in [-0.05, 0) is 18.1 Å². The van der Waals surface area contributed by atoms with Crippen LogP contribution < -0.4 is 0 Å². The lowest BCUT2D eigenvalue weighted by molar-refractivity contribution is 0.130. The van der Waals surface area contributed by atoms with Crippen LogP contribution in [0, 0.1) is 0 Å². The lowest BCUT2D eigenvalue weighted by Crippen LogP contribution is -1.90. The van der Waals surface area contributed by atoms with Gasteiger partial charge in [-0.1, -0.05) is 30.3 Å². The molecule has 0 fully saturated rings. The maximum Gasteiger partial charge on any atom is 0.263 e. The van der Waals surface area contributed by atoms with Crippen LogP contribution in [0.25, 0.3) is 0 Å². The van der Waals surface area contributed by atoms with Crippen LogP contribution in [-0.2, 0) is 11.4 Å². The van der Waals surface area contributed by atoms with Crippen molar-refractivity contribution >= 4 is 6.21 Å². The van der Waals surface area contributed by atoms with Gasteiger partial charge in [-0.25, -0.2) is 8.78 Å². The number of hydrogen-bond acceptors (Lipinski definition) is 2. The second-order valence-corrected chi connectivity index (χ2v) is 3.02. The molecule has 15 heavy (non-hydrogen) atoms. The molecule has 0 heterocycles. The molecule has 1 aromatic carbocycles. The Bertz CT molecular complexity index is 326. The molecule has 0 saturated heterocycles. The van der Waals surface area contributed by atoms with Gasteiger partial charge in [0.15, 0.2) is 0 Å². The van der Waals surface area contributed by atoms with Gasteiger partial charge < -0.3 is 4.84 Å². The van der Waals surface area contributed by atoms with E-state index in [1.807, 2.05) is 6.92 Å². The highest BCUT2D eigenvalue weighted by Gasteiger charge is 2.06. The standard InChI is InChI=1S/C11H13F2NO/c1-2-6-14-15-8-9-4-3-5-10(7-9)11(12)13/h3-7,11H,2,8H2,1H3. The third-order valence-electron chi connectivity index (χ3n) is 1.77. The van der Waals surface area contributed by atoms with E-state index in [0.717, 1.165) is 6.42 Å². The van der Waals surface area contributed by atoms with E-state index in [-0.39, 0.29) is 12.2 Å². The smallest absolute Gasteiger partial charge is 0.263 e. The van der Waals surface area contributed by atoms with Crippen molar-refractivity contribution in [3.8, 4) is 0 Å². The molecule has 0 unspecified atom stereocenters. The molecule has 4 heteroatoms. The molecule has 0 bridgehead atoms. The molecule has 1 aromatic rings. The number of halogens is 2. The van der Waals surface area contributed by atoms with E-state index in [9.17, 15) is 8.78 Å². The maximum absolute atomic E-state index is 12.3. The van der Waals surface area contributed by atoms with Gasteiger partial charge in [-0.2, -0.15) is 0 Å². The highest BCUT2D eigenvalue weighted by atomic mass is 19.3. The topological polar surface area (TPSA) is 21.6 Å². The molecule has 0 aliphatic heterocycles. The van der Waals surface area contributed by atoms with Crippen molar-refractivity contribution in [3.63, 3.8) is 0 Å². The van der Waals surface area contributed by atoms with E-state index in [1.165, 1.54) is 12.1 Å². The summed E-state index contributed by atoms with van der Waals surface area (Å²) in [5.41, 5.74) is 0.705. The van der Waals surface area contributed by atoms with Crippen LogP contribution in [0.5, 0.6) is 0 Å². The largest absolute Gasteiger partial charge is 0.391 e. The molecular weight excluding hydrogens is 200 g/mol. The first kappa shape index (κ1) is 11.6. The Hall–Kier alpha value is -1.45. The van der Waals surface area contributed by atoms with E-state index < -0.39 is 6.43 Å². The number of oxime groups is 1. The minimum absolute atomic E-state index is 0.00979. The molecule has 0 spiro atoms. The Morgan fingerprint density at radius 2 is 2.27 bits per heavy atom. The summed E-state index contributed by atoms with van der Waals surface area (Å²) in [7, 11) is 0. The first-order chi connectivity index (χ1) is 7.24. The average molecular weight is 213 g/mol. The Morgan fingerprint density at radius 3 is 2.93 bits per heavy atom. The Labute approximate surface area is 87.6 Å². The Morgan fingerprint density at radius 1 is 1.47 bits per heavy atom. The van der Waals surface area contributed by atoms with Crippen LogP contribution in [-0.4, -0.2) is 6.21 Å². The highest BCUT2D eigenvalue weighted by molar-refractivity contribution is 5.55. The first-order valence-electron chi connectivity index (χ1n) is 4.74. The van der Waals surface area contributed by atoms with Gasteiger partial charge in [0.25, 0.3) is 6.43 Å². The zero-order valence-corrected chi connectivity index (χ0v) is 8.49. The molecule has 0 saturated carbocycles. The van der Waals surface area contributed by atoms with E-state index >= 15 is 0 Å². The van der Waals surface area contributed by atoms with Crippen LogP contribution in [0.1, 0.15) is 30.9 Å². The summed E-state index contributed by atoms with van der Waals surface area (Å²) in [5, 5.41) is 3.65. The quantitative estimate of drug-likeness (QED) is 0.541. The van der Waals surface area contributed by atoms with E-state index in [4.69, 9.17) is 4.84 Å². The Balaban J connectivity index is 2.54. The normalized spacial score (nSPS) is 11.2. The van der Waals surface area contributed by atoms with Crippen LogP contribution in [0.4, 0.5) is 8.78 Å². The number of rotatable bonds is 5. The fraction of sp³-hybridized carbons (Fsp3) is 0.364. The summed E-state index contributed by atoms with van der Waals surface area (Å²) in [5.74, 6) is 0. The molecule has 0 N–H and O–H groups in total. The van der Waals surface area contributed by atoms with Gasteiger partial charge in [0.05, 0.1) is 0 Å². The first-order valence-corrected chi connectivity index (χ1v) is 4.74. The van der Waals surface area contributed by atoms with Crippen LogP contribution in [0.15, 0.2) is 29.4 Å². The van der Waals surface area contributed by atoms with Gasteiger partial charge >= 0.3 is 0 Å².